The average Bonchev–Trinajstić information content (AvgIpc) is 3.83. The van der Waals surface area contributed by atoms with E-state index in [1.54, 1.807) is 39.8 Å². The van der Waals surface area contributed by atoms with E-state index in [0.717, 1.165) is 6.07 Å². The first kappa shape index (κ1) is 44.5. The van der Waals surface area contributed by atoms with Crippen LogP contribution in [0.25, 0.3) is 32.9 Å². The van der Waals surface area contributed by atoms with E-state index in [0.29, 0.717) is 16.7 Å². The number of fused-ring (bicyclic) bond motifs is 3. The standard InChI is InChI=1S/C39H38O18S.Na/c1-8-49-37(40)34-19(4)54-23-14-27(47-6)29(12-20(23)34)52-18-33-36(39(42)51-10-3)22-13-30(28(48-7)15-24(22)55-33)53-17-32-35(38(41)50-9-2)21-11-26(46-5)31(16-25(21)56-32)57-58(43,44)45;/h11-16H,8-10,17-18H2,1-7H3,(H,43,44,45);/q;+1/p-1. The smallest absolute Gasteiger partial charge is 0.716 e. The number of aryl methyl sites for hydroxylation is 1. The van der Waals surface area contributed by atoms with E-state index < -0.39 is 40.7 Å². The zero-order valence-electron chi connectivity index (χ0n) is 33.3. The average molecular weight is 849 g/mol. The van der Waals surface area contributed by atoms with Crippen LogP contribution < -0.4 is 57.4 Å². The van der Waals surface area contributed by atoms with Crippen LogP contribution >= 0.6 is 0 Å². The first-order chi connectivity index (χ1) is 27.7. The van der Waals surface area contributed by atoms with Crippen molar-refractivity contribution in [2.45, 2.75) is 40.9 Å². The molecule has 0 spiro atoms. The van der Waals surface area contributed by atoms with Crippen molar-refractivity contribution < 1.29 is 112 Å². The fourth-order valence-electron chi connectivity index (χ4n) is 6.22. The number of benzene rings is 3. The summed E-state index contributed by atoms with van der Waals surface area (Å²) in [4.78, 5) is 39.4. The maximum Gasteiger partial charge on any atom is 1.00 e. The van der Waals surface area contributed by atoms with Gasteiger partial charge in [0, 0.05) is 34.4 Å². The van der Waals surface area contributed by atoms with Crippen LogP contribution in [-0.2, 0) is 37.8 Å². The molecule has 0 bridgehead atoms. The van der Waals surface area contributed by atoms with Crippen molar-refractivity contribution in [3.8, 4) is 34.5 Å². The third kappa shape index (κ3) is 9.18. The van der Waals surface area contributed by atoms with E-state index in [4.69, 9.17) is 51.1 Å². The number of carbonyl (C=O) groups is 3. The number of furan rings is 3. The third-order valence-electron chi connectivity index (χ3n) is 8.59. The van der Waals surface area contributed by atoms with Gasteiger partial charge in [0.2, 0.25) is 0 Å². The van der Waals surface area contributed by atoms with E-state index in [-0.39, 0.29) is 135 Å². The Kier molecular flexibility index (Phi) is 14.0. The second kappa shape index (κ2) is 18.5. The van der Waals surface area contributed by atoms with Gasteiger partial charge in [0.05, 0.1) is 41.2 Å². The molecule has 3 aromatic heterocycles. The molecule has 0 aliphatic carbocycles. The maximum absolute atomic E-state index is 13.5. The number of hydrogen-bond donors (Lipinski definition) is 0. The Balaban J connectivity index is 0.00000661. The third-order valence-corrected chi connectivity index (χ3v) is 8.98. The SMILES string of the molecule is CCOC(=O)c1c(C)oc2cc(OC)c(OCc3oc4cc(OC)c(OCc5oc6cc(OS(=O)(=O)[O-])c(OC)cc6c5C(=O)OCC)cc4c3C(=O)OCC)cc12.[Na+]. The quantitative estimate of drug-likeness (QED) is 0.0418. The maximum atomic E-state index is 13.5. The van der Waals surface area contributed by atoms with Crippen LogP contribution in [-0.4, -0.2) is 72.0 Å². The fraction of sp³-hybridized carbons (Fsp3) is 0.308. The monoisotopic (exact) mass is 848 g/mol. The number of rotatable bonds is 17. The Morgan fingerprint density at radius 1 is 0.559 bits per heavy atom. The van der Waals surface area contributed by atoms with Gasteiger partial charge in [-0.05, 0) is 45.9 Å². The van der Waals surface area contributed by atoms with E-state index in [2.05, 4.69) is 4.18 Å². The van der Waals surface area contributed by atoms with Gasteiger partial charge in [-0.25, -0.2) is 22.8 Å². The summed E-state index contributed by atoms with van der Waals surface area (Å²) in [6, 6.07) is 8.41. The molecule has 0 unspecified atom stereocenters. The van der Waals surface area contributed by atoms with Gasteiger partial charge in [-0.3, -0.25) is 0 Å². The Bertz CT molecular complexity index is 2650. The van der Waals surface area contributed by atoms with Gasteiger partial charge in [-0.1, -0.05) is 0 Å². The van der Waals surface area contributed by atoms with Crippen molar-refractivity contribution in [2.24, 2.45) is 0 Å². The molecule has 3 aromatic carbocycles. The largest absolute Gasteiger partial charge is 1.00 e. The molecule has 20 heteroatoms. The van der Waals surface area contributed by atoms with Gasteiger partial charge in [-0.2, -0.15) is 0 Å². The minimum Gasteiger partial charge on any atom is -0.716 e. The molecule has 0 radical (unpaired) electrons. The molecule has 3 heterocycles. The number of esters is 3. The van der Waals surface area contributed by atoms with E-state index >= 15 is 0 Å². The molecule has 0 fully saturated rings. The van der Waals surface area contributed by atoms with E-state index in [1.807, 2.05) is 0 Å². The number of methoxy groups -OCH3 is 3. The Labute approximate surface area is 358 Å². The van der Waals surface area contributed by atoms with Crippen molar-refractivity contribution in [3.05, 3.63) is 70.4 Å². The van der Waals surface area contributed by atoms with E-state index in [1.165, 1.54) is 39.5 Å². The molecular formula is C39H37NaO18S. The summed E-state index contributed by atoms with van der Waals surface area (Å²) < 4.78 is 101. The van der Waals surface area contributed by atoms with Crippen LogP contribution in [0.1, 0.15) is 69.1 Å². The molecule has 308 valence electrons. The van der Waals surface area contributed by atoms with Crippen LogP contribution in [0.2, 0.25) is 0 Å². The molecule has 59 heavy (non-hydrogen) atoms. The number of ether oxygens (including phenoxy) is 8. The van der Waals surface area contributed by atoms with Crippen molar-refractivity contribution in [3.63, 3.8) is 0 Å². The molecule has 0 atom stereocenters. The molecule has 0 aliphatic heterocycles. The predicted octanol–water partition coefficient (Wildman–Crippen LogP) is 3.79. The second-order valence-corrected chi connectivity index (χ2v) is 13.0. The summed E-state index contributed by atoms with van der Waals surface area (Å²) in [5.41, 5.74) is 0.682. The van der Waals surface area contributed by atoms with Gasteiger partial charge in [0.1, 0.15) is 52.4 Å². The van der Waals surface area contributed by atoms with Crippen molar-refractivity contribution in [1.82, 2.24) is 0 Å². The van der Waals surface area contributed by atoms with Crippen LogP contribution in [0.4, 0.5) is 0 Å². The summed E-state index contributed by atoms with van der Waals surface area (Å²) in [6.45, 7) is 6.04. The van der Waals surface area contributed by atoms with Gasteiger partial charge >= 0.3 is 47.5 Å². The topological polar surface area (TPSA) is 231 Å². The van der Waals surface area contributed by atoms with Crippen molar-refractivity contribution in [2.75, 3.05) is 41.2 Å². The molecule has 0 amide bonds. The first-order valence-corrected chi connectivity index (χ1v) is 18.9. The van der Waals surface area contributed by atoms with Gasteiger partial charge in [-0.15, -0.1) is 0 Å². The summed E-state index contributed by atoms with van der Waals surface area (Å²) in [5.74, 6) is -1.69. The van der Waals surface area contributed by atoms with Crippen LogP contribution in [0, 0.1) is 6.92 Å². The second-order valence-electron chi connectivity index (χ2n) is 12.1. The molecule has 6 aromatic rings. The summed E-state index contributed by atoms with van der Waals surface area (Å²) >= 11 is 0. The molecule has 0 aliphatic rings. The normalized spacial score (nSPS) is 11.3. The zero-order chi connectivity index (χ0) is 41.9. The van der Waals surface area contributed by atoms with Gasteiger partial charge in [0.25, 0.3) is 10.4 Å². The van der Waals surface area contributed by atoms with Gasteiger partial charge in [0.15, 0.2) is 46.0 Å². The summed E-state index contributed by atoms with van der Waals surface area (Å²) in [5, 5.41) is 0.824. The predicted molar refractivity (Wildman–Crippen MR) is 200 cm³/mol. The minimum absolute atomic E-state index is 0. The summed E-state index contributed by atoms with van der Waals surface area (Å²) in [6.07, 6.45) is 0. The Hall–Kier alpha value is -5.60. The van der Waals surface area contributed by atoms with Crippen LogP contribution in [0.5, 0.6) is 34.5 Å². The van der Waals surface area contributed by atoms with Crippen molar-refractivity contribution >= 4 is 61.2 Å². The van der Waals surface area contributed by atoms with Crippen LogP contribution in [0.15, 0.2) is 49.6 Å². The molecule has 0 N–H and O–H groups in total. The number of carbonyl (C=O) groups excluding carboxylic acids is 3. The zero-order valence-corrected chi connectivity index (χ0v) is 36.1. The summed E-state index contributed by atoms with van der Waals surface area (Å²) in [7, 11) is -1.18. The van der Waals surface area contributed by atoms with E-state index in [9.17, 15) is 27.4 Å². The number of hydrogen-bond acceptors (Lipinski definition) is 18. The fourth-order valence-corrected chi connectivity index (χ4v) is 6.57. The molecule has 6 rings (SSSR count). The van der Waals surface area contributed by atoms with Gasteiger partial charge < -0.3 is 59.9 Å². The minimum atomic E-state index is -5.20. The van der Waals surface area contributed by atoms with Crippen molar-refractivity contribution in [1.29, 1.82) is 0 Å². The Morgan fingerprint density at radius 3 is 1.32 bits per heavy atom. The Morgan fingerprint density at radius 2 is 0.915 bits per heavy atom. The molecule has 18 nitrogen and oxygen atoms in total. The molecular weight excluding hydrogens is 811 g/mol. The molecule has 0 saturated carbocycles. The van der Waals surface area contributed by atoms with Crippen LogP contribution in [0.3, 0.4) is 0 Å². The first-order valence-electron chi connectivity index (χ1n) is 17.6. The molecule has 0 saturated heterocycles.